The summed E-state index contributed by atoms with van der Waals surface area (Å²) in [5, 5.41) is 14.1. The number of methoxy groups -OCH3 is 1. The lowest BCUT2D eigenvalue weighted by Crippen LogP contribution is -2.29. The van der Waals surface area contributed by atoms with Crippen LogP contribution in [0.1, 0.15) is 30.6 Å². The molecule has 0 radical (unpaired) electrons. The second kappa shape index (κ2) is 11.0. The van der Waals surface area contributed by atoms with Crippen LogP contribution in [-0.4, -0.2) is 64.2 Å². The molecule has 0 aliphatic rings. The molecule has 0 aliphatic carbocycles. The minimum Gasteiger partial charge on any atom is -0.507 e. The van der Waals surface area contributed by atoms with Crippen molar-refractivity contribution >= 4 is 16.9 Å². The number of phenols is 1. The second-order valence-corrected chi connectivity index (χ2v) is 8.22. The number of rotatable bonds is 10. The molecule has 0 aliphatic heterocycles. The largest absolute Gasteiger partial charge is 0.507 e. The van der Waals surface area contributed by atoms with Crippen molar-refractivity contribution in [3.63, 3.8) is 0 Å². The molecule has 2 heterocycles. The number of para-hydroxylation sites is 1. The Morgan fingerprint density at radius 2 is 1.86 bits per heavy atom. The summed E-state index contributed by atoms with van der Waals surface area (Å²) in [6.07, 6.45) is 2.54. The molecular weight excluding hydrogens is 442 g/mol. The van der Waals surface area contributed by atoms with Gasteiger partial charge in [-0.15, -0.1) is 0 Å². The highest BCUT2D eigenvalue weighted by Crippen LogP contribution is 2.40. The second-order valence-electron chi connectivity index (χ2n) is 8.22. The number of nitrogens with zero attached hydrogens (tertiary/aromatic N) is 3. The van der Waals surface area contributed by atoms with Crippen molar-refractivity contribution in [2.45, 2.75) is 20.3 Å². The molecule has 4 aromatic rings. The number of amides is 1. The Labute approximate surface area is 205 Å². The highest BCUT2D eigenvalue weighted by Gasteiger charge is 2.17. The van der Waals surface area contributed by atoms with Crippen LogP contribution in [0.15, 0.2) is 54.7 Å². The monoisotopic (exact) mass is 473 g/mol. The predicted molar refractivity (Wildman–Crippen MR) is 138 cm³/mol. The van der Waals surface area contributed by atoms with Gasteiger partial charge in [-0.05, 0) is 62.5 Å². The summed E-state index contributed by atoms with van der Waals surface area (Å²) in [4.78, 5) is 27.1. The molecule has 0 bridgehead atoms. The van der Waals surface area contributed by atoms with E-state index in [0.717, 1.165) is 31.6 Å². The molecule has 0 fully saturated rings. The fourth-order valence-electron chi connectivity index (χ4n) is 4.14. The number of hydrogen-bond acceptors (Lipinski definition) is 6. The van der Waals surface area contributed by atoms with Crippen LogP contribution in [0, 0.1) is 0 Å². The normalized spacial score (nSPS) is 11.2. The average Bonchev–Trinajstić information content (AvgIpc) is 3.32. The van der Waals surface area contributed by atoms with E-state index in [0.29, 0.717) is 46.0 Å². The first-order valence-corrected chi connectivity index (χ1v) is 11.9. The average molecular weight is 474 g/mol. The number of carbonyl (C=O) groups excluding carboxylic acids is 1. The Balaban J connectivity index is 1.55. The van der Waals surface area contributed by atoms with Gasteiger partial charge in [-0.25, -0.2) is 9.97 Å². The van der Waals surface area contributed by atoms with E-state index in [1.165, 1.54) is 0 Å². The molecule has 8 heteroatoms. The maximum absolute atomic E-state index is 12.6. The topological polar surface area (TPSA) is 103 Å². The van der Waals surface area contributed by atoms with E-state index in [1.54, 1.807) is 37.6 Å². The van der Waals surface area contributed by atoms with E-state index in [9.17, 15) is 9.90 Å². The van der Waals surface area contributed by atoms with Gasteiger partial charge in [0.2, 0.25) is 5.88 Å². The van der Waals surface area contributed by atoms with Gasteiger partial charge in [0.15, 0.2) is 0 Å². The SMILES string of the molecule is CCN(CC)CCCNC(=O)c1ccc2nc(-c3cccc(-c4cccnc4OC)c3O)[nH]c2c1. The van der Waals surface area contributed by atoms with Crippen LogP contribution in [0.5, 0.6) is 11.6 Å². The number of hydrogen-bond donors (Lipinski definition) is 3. The number of ether oxygens (including phenoxy) is 1. The van der Waals surface area contributed by atoms with Crippen LogP contribution in [0.3, 0.4) is 0 Å². The number of aromatic hydroxyl groups is 1. The van der Waals surface area contributed by atoms with E-state index in [2.05, 4.69) is 39.0 Å². The van der Waals surface area contributed by atoms with Gasteiger partial charge in [0.05, 0.1) is 23.7 Å². The third-order valence-electron chi connectivity index (χ3n) is 6.12. The summed E-state index contributed by atoms with van der Waals surface area (Å²) in [6, 6.07) is 14.5. The van der Waals surface area contributed by atoms with Crippen LogP contribution < -0.4 is 10.1 Å². The lowest BCUT2D eigenvalue weighted by molar-refractivity contribution is 0.0952. The maximum atomic E-state index is 12.6. The van der Waals surface area contributed by atoms with E-state index < -0.39 is 0 Å². The van der Waals surface area contributed by atoms with Crippen molar-refractivity contribution in [2.24, 2.45) is 0 Å². The van der Waals surface area contributed by atoms with Gasteiger partial charge in [-0.3, -0.25) is 4.79 Å². The van der Waals surface area contributed by atoms with Crippen LogP contribution in [0.2, 0.25) is 0 Å². The fraction of sp³-hybridized carbons (Fsp3) is 0.296. The van der Waals surface area contributed by atoms with Gasteiger partial charge in [0, 0.05) is 29.4 Å². The molecule has 182 valence electrons. The van der Waals surface area contributed by atoms with Crippen molar-refractivity contribution in [1.29, 1.82) is 0 Å². The number of carbonyl (C=O) groups is 1. The van der Waals surface area contributed by atoms with Gasteiger partial charge < -0.3 is 25.0 Å². The molecule has 2 aromatic carbocycles. The molecule has 8 nitrogen and oxygen atoms in total. The smallest absolute Gasteiger partial charge is 0.251 e. The molecule has 3 N–H and O–H groups in total. The van der Waals surface area contributed by atoms with Crippen molar-refractivity contribution in [2.75, 3.05) is 33.3 Å². The lowest BCUT2D eigenvalue weighted by atomic mass is 10.0. The third kappa shape index (κ3) is 5.27. The standard InChI is InChI=1S/C27H31N5O3/c1-4-32(5-2)16-8-15-28-26(34)18-12-13-22-23(17-18)31-25(30-22)21-10-6-9-19(24(21)33)20-11-7-14-29-27(20)35-3/h6-7,9-14,17,33H,4-5,8,15-16H2,1-3H3,(H,28,34)(H,30,31). The number of phenolic OH excluding ortho intramolecular Hbond substituents is 1. The molecule has 4 rings (SSSR count). The number of nitrogens with one attached hydrogen (secondary N) is 2. The zero-order chi connectivity index (χ0) is 24.8. The molecule has 0 spiro atoms. The molecule has 0 unspecified atom stereocenters. The molecule has 0 atom stereocenters. The summed E-state index contributed by atoms with van der Waals surface area (Å²) < 4.78 is 5.36. The van der Waals surface area contributed by atoms with Crippen LogP contribution in [0.4, 0.5) is 0 Å². The molecule has 35 heavy (non-hydrogen) atoms. The summed E-state index contributed by atoms with van der Waals surface area (Å²) in [6.45, 7) is 7.89. The van der Waals surface area contributed by atoms with E-state index in [4.69, 9.17) is 4.74 Å². The van der Waals surface area contributed by atoms with Gasteiger partial charge in [-0.1, -0.05) is 26.0 Å². The minimum absolute atomic E-state index is 0.0732. The number of H-pyrrole nitrogens is 1. The van der Waals surface area contributed by atoms with Crippen molar-refractivity contribution in [3.05, 3.63) is 60.3 Å². The number of aromatic nitrogens is 3. The Bertz CT molecular complexity index is 1310. The van der Waals surface area contributed by atoms with E-state index >= 15 is 0 Å². The molecule has 2 aromatic heterocycles. The highest BCUT2D eigenvalue weighted by molar-refractivity contribution is 5.98. The summed E-state index contributed by atoms with van der Waals surface area (Å²) in [5.74, 6) is 0.899. The molecular formula is C27H31N5O3. The highest BCUT2D eigenvalue weighted by atomic mass is 16.5. The quantitative estimate of drug-likeness (QED) is 0.294. The maximum Gasteiger partial charge on any atom is 0.251 e. The zero-order valence-electron chi connectivity index (χ0n) is 20.3. The fourth-order valence-corrected chi connectivity index (χ4v) is 4.14. The number of imidazole rings is 1. The molecule has 0 saturated heterocycles. The molecule has 1 amide bonds. The predicted octanol–water partition coefficient (Wildman–Crippen LogP) is 4.47. The summed E-state index contributed by atoms with van der Waals surface area (Å²) in [5.41, 5.74) is 3.82. The van der Waals surface area contributed by atoms with E-state index in [1.807, 2.05) is 24.3 Å². The van der Waals surface area contributed by atoms with Crippen LogP contribution in [-0.2, 0) is 0 Å². The minimum atomic E-state index is -0.115. The van der Waals surface area contributed by atoms with Crippen molar-refractivity contribution < 1.29 is 14.6 Å². The first-order valence-electron chi connectivity index (χ1n) is 11.9. The Morgan fingerprint density at radius 3 is 2.63 bits per heavy atom. The van der Waals surface area contributed by atoms with Crippen molar-refractivity contribution in [3.8, 4) is 34.1 Å². The van der Waals surface area contributed by atoms with Gasteiger partial charge in [0.25, 0.3) is 5.91 Å². The van der Waals surface area contributed by atoms with E-state index in [-0.39, 0.29) is 11.7 Å². The third-order valence-corrected chi connectivity index (χ3v) is 6.12. The molecule has 0 saturated carbocycles. The number of fused-ring (bicyclic) bond motifs is 1. The number of benzene rings is 2. The first-order chi connectivity index (χ1) is 17.0. The van der Waals surface area contributed by atoms with Crippen molar-refractivity contribution in [1.82, 2.24) is 25.2 Å². The number of aromatic amines is 1. The van der Waals surface area contributed by atoms with Gasteiger partial charge in [0.1, 0.15) is 11.6 Å². The lowest BCUT2D eigenvalue weighted by Gasteiger charge is -2.17. The van der Waals surface area contributed by atoms with Gasteiger partial charge in [-0.2, -0.15) is 0 Å². The Hall–Kier alpha value is -3.91. The Kier molecular flexibility index (Phi) is 7.62. The number of pyridine rings is 1. The van der Waals surface area contributed by atoms with Gasteiger partial charge >= 0.3 is 0 Å². The summed E-state index contributed by atoms with van der Waals surface area (Å²) in [7, 11) is 1.55. The Morgan fingerprint density at radius 1 is 1.09 bits per heavy atom. The first kappa shape index (κ1) is 24.2. The van der Waals surface area contributed by atoms with Crippen LogP contribution in [0.25, 0.3) is 33.5 Å². The zero-order valence-corrected chi connectivity index (χ0v) is 20.3. The van der Waals surface area contributed by atoms with Crippen LogP contribution >= 0.6 is 0 Å². The summed E-state index contributed by atoms with van der Waals surface area (Å²) >= 11 is 0.